The first-order chi connectivity index (χ1) is 8.65. The smallest absolute Gasteiger partial charge is 0.150 e. The van der Waals surface area contributed by atoms with Gasteiger partial charge >= 0.3 is 0 Å². The number of nitrogens with one attached hydrogen (secondary N) is 1. The van der Waals surface area contributed by atoms with Crippen LogP contribution < -0.4 is 11.1 Å². The molecular formula is C12H19N5O. The number of aromatic nitrogens is 1. The standard InChI is InChI=1S/C12H19N5O/c1-17(2)6-8-18-7-5-16-12-11(14)10(9-13)3-4-15-12/h3-4H,5-8,14H2,1-2H3,(H,15,16). The average Bonchev–Trinajstić information content (AvgIpc) is 2.35. The zero-order valence-corrected chi connectivity index (χ0v) is 10.8. The van der Waals surface area contributed by atoms with E-state index in [1.807, 2.05) is 20.2 Å². The van der Waals surface area contributed by atoms with Crippen LogP contribution in [-0.4, -0.2) is 50.3 Å². The van der Waals surface area contributed by atoms with E-state index in [0.717, 1.165) is 6.54 Å². The lowest BCUT2D eigenvalue weighted by molar-refractivity contribution is 0.126. The third-order valence-electron chi connectivity index (χ3n) is 2.33. The number of likely N-dealkylation sites (N-methyl/N-ethyl adjacent to an activating group) is 1. The molecule has 0 amide bonds. The highest BCUT2D eigenvalue weighted by atomic mass is 16.5. The number of rotatable bonds is 7. The highest BCUT2D eigenvalue weighted by molar-refractivity contribution is 5.68. The average molecular weight is 249 g/mol. The number of nitrogens with zero attached hydrogens (tertiary/aromatic N) is 3. The third-order valence-corrected chi connectivity index (χ3v) is 2.33. The lowest BCUT2D eigenvalue weighted by Crippen LogP contribution is -2.20. The molecule has 1 aromatic rings. The number of hydrogen-bond acceptors (Lipinski definition) is 6. The minimum atomic E-state index is 0.383. The molecule has 0 aliphatic carbocycles. The second kappa shape index (κ2) is 7.48. The summed E-state index contributed by atoms with van der Waals surface area (Å²) in [5, 5.41) is 11.9. The van der Waals surface area contributed by atoms with Gasteiger partial charge in [-0.1, -0.05) is 0 Å². The van der Waals surface area contributed by atoms with Gasteiger partial charge < -0.3 is 20.7 Å². The first-order valence-corrected chi connectivity index (χ1v) is 5.76. The summed E-state index contributed by atoms with van der Waals surface area (Å²) in [5.41, 5.74) is 6.59. The van der Waals surface area contributed by atoms with Crippen LogP contribution in [0, 0.1) is 11.3 Å². The Kier molecular flexibility index (Phi) is 5.91. The van der Waals surface area contributed by atoms with Gasteiger partial charge in [-0.15, -0.1) is 0 Å². The Morgan fingerprint density at radius 3 is 2.94 bits per heavy atom. The molecule has 0 saturated carbocycles. The maximum absolute atomic E-state index is 8.82. The van der Waals surface area contributed by atoms with Crippen LogP contribution in [0.4, 0.5) is 11.5 Å². The first-order valence-electron chi connectivity index (χ1n) is 5.76. The van der Waals surface area contributed by atoms with E-state index < -0.39 is 0 Å². The van der Waals surface area contributed by atoms with Crippen LogP contribution in [0.25, 0.3) is 0 Å². The minimum Gasteiger partial charge on any atom is -0.395 e. The number of pyridine rings is 1. The van der Waals surface area contributed by atoms with E-state index in [4.69, 9.17) is 15.7 Å². The summed E-state index contributed by atoms with van der Waals surface area (Å²) in [6, 6.07) is 3.61. The van der Waals surface area contributed by atoms with E-state index in [2.05, 4.69) is 15.2 Å². The maximum Gasteiger partial charge on any atom is 0.150 e. The number of hydrogen-bond donors (Lipinski definition) is 2. The summed E-state index contributed by atoms with van der Waals surface area (Å²) < 4.78 is 5.42. The van der Waals surface area contributed by atoms with E-state index in [1.165, 1.54) is 0 Å². The quantitative estimate of drug-likeness (QED) is 0.685. The molecule has 0 aromatic carbocycles. The Bertz CT molecular complexity index is 413. The summed E-state index contributed by atoms with van der Waals surface area (Å²) in [7, 11) is 4.00. The number of ether oxygens (including phenoxy) is 1. The zero-order chi connectivity index (χ0) is 13.4. The largest absolute Gasteiger partial charge is 0.395 e. The Labute approximate surface area is 107 Å². The number of nitrogens with two attached hydrogens (primary N) is 1. The molecule has 98 valence electrons. The van der Waals surface area contributed by atoms with Crippen molar-refractivity contribution in [1.29, 1.82) is 5.26 Å². The lowest BCUT2D eigenvalue weighted by Gasteiger charge is -2.11. The van der Waals surface area contributed by atoms with Crippen molar-refractivity contribution in [3.8, 4) is 6.07 Å². The van der Waals surface area contributed by atoms with Gasteiger partial charge in [0.1, 0.15) is 6.07 Å². The van der Waals surface area contributed by atoms with Crippen molar-refractivity contribution < 1.29 is 4.74 Å². The van der Waals surface area contributed by atoms with Gasteiger partial charge in [-0.2, -0.15) is 5.26 Å². The second-order valence-corrected chi connectivity index (χ2v) is 4.08. The highest BCUT2D eigenvalue weighted by Crippen LogP contribution is 2.18. The molecule has 0 spiro atoms. The molecule has 0 radical (unpaired) electrons. The fourth-order valence-corrected chi connectivity index (χ4v) is 1.30. The van der Waals surface area contributed by atoms with Crippen molar-refractivity contribution in [3.63, 3.8) is 0 Å². The van der Waals surface area contributed by atoms with Crippen molar-refractivity contribution in [2.45, 2.75) is 0 Å². The lowest BCUT2D eigenvalue weighted by atomic mass is 10.2. The van der Waals surface area contributed by atoms with Crippen LogP contribution in [0.15, 0.2) is 12.3 Å². The summed E-state index contributed by atoms with van der Waals surface area (Å²) in [6.07, 6.45) is 1.56. The molecule has 0 bridgehead atoms. The predicted molar refractivity (Wildman–Crippen MR) is 71.2 cm³/mol. The Morgan fingerprint density at radius 2 is 2.28 bits per heavy atom. The van der Waals surface area contributed by atoms with E-state index >= 15 is 0 Å². The topological polar surface area (TPSA) is 87.2 Å². The summed E-state index contributed by atoms with van der Waals surface area (Å²) in [6.45, 7) is 2.77. The minimum absolute atomic E-state index is 0.383. The van der Waals surface area contributed by atoms with Gasteiger partial charge in [0.2, 0.25) is 0 Å². The van der Waals surface area contributed by atoms with Crippen LogP contribution in [0.2, 0.25) is 0 Å². The normalized spacial score (nSPS) is 10.3. The van der Waals surface area contributed by atoms with Crippen LogP contribution in [-0.2, 0) is 4.74 Å². The van der Waals surface area contributed by atoms with Gasteiger partial charge in [0.05, 0.1) is 24.5 Å². The molecule has 0 aliphatic heterocycles. The van der Waals surface area contributed by atoms with Crippen molar-refractivity contribution in [3.05, 3.63) is 17.8 Å². The van der Waals surface area contributed by atoms with Gasteiger partial charge in [0, 0.05) is 19.3 Å². The molecule has 0 aliphatic rings. The first kappa shape index (κ1) is 14.2. The van der Waals surface area contributed by atoms with E-state index in [1.54, 1.807) is 12.3 Å². The number of nitrogen functional groups attached to an aromatic ring is 1. The molecule has 18 heavy (non-hydrogen) atoms. The molecule has 0 saturated heterocycles. The van der Waals surface area contributed by atoms with Crippen molar-refractivity contribution in [1.82, 2.24) is 9.88 Å². The Balaban J connectivity index is 2.30. The molecule has 1 rings (SSSR count). The summed E-state index contributed by atoms with van der Waals surface area (Å²) in [5.74, 6) is 0.533. The predicted octanol–water partition coefficient (Wildman–Crippen LogP) is 0.526. The van der Waals surface area contributed by atoms with Crippen molar-refractivity contribution in [2.75, 3.05) is 51.4 Å². The molecule has 0 unspecified atom stereocenters. The third kappa shape index (κ3) is 4.57. The van der Waals surface area contributed by atoms with Crippen LogP contribution >= 0.6 is 0 Å². The highest BCUT2D eigenvalue weighted by Gasteiger charge is 2.04. The van der Waals surface area contributed by atoms with E-state index in [0.29, 0.717) is 36.8 Å². The zero-order valence-electron chi connectivity index (χ0n) is 10.8. The van der Waals surface area contributed by atoms with Crippen LogP contribution in [0.5, 0.6) is 0 Å². The van der Waals surface area contributed by atoms with Gasteiger partial charge in [-0.05, 0) is 20.2 Å². The van der Waals surface area contributed by atoms with Gasteiger partial charge in [-0.3, -0.25) is 0 Å². The fraction of sp³-hybridized carbons (Fsp3) is 0.500. The van der Waals surface area contributed by atoms with Crippen LogP contribution in [0.1, 0.15) is 5.56 Å². The summed E-state index contributed by atoms with van der Waals surface area (Å²) in [4.78, 5) is 6.14. The SMILES string of the molecule is CN(C)CCOCCNc1nccc(C#N)c1N. The molecular weight excluding hydrogens is 230 g/mol. The van der Waals surface area contributed by atoms with Crippen molar-refractivity contribution >= 4 is 11.5 Å². The molecule has 1 aromatic heterocycles. The number of nitriles is 1. The van der Waals surface area contributed by atoms with Gasteiger partial charge in [0.15, 0.2) is 5.82 Å². The van der Waals surface area contributed by atoms with E-state index in [-0.39, 0.29) is 0 Å². The fourth-order valence-electron chi connectivity index (χ4n) is 1.30. The molecule has 3 N–H and O–H groups in total. The molecule has 1 heterocycles. The molecule has 0 fully saturated rings. The van der Waals surface area contributed by atoms with Gasteiger partial charge in [-0.25, -0.2) is 4.98 Å². The molecule has 6 nitrogen and oxygen atoms in total. The van der Waals surface area contributed by atoms with Crippen molar-refractivity contribution in [2.24, 2.45) is 0 Å². The molecule has 0 atom stereocenters. The monoisotopic (exact) mass is 249 g/mol. The van der Waals surface area contributed by atoms with E-state index in [9.17, 15) is 0 Å². The number of anilines is 2. The maximum atomic E-state index is 8.82. The Morgan fingerprint density at radius 1 is 1.50 bits per heavy atom. The summed E-state index contributed by atoms with van der Waals surface area (Å²) >= 11 is 0. The van der Waals surface area contributed by atoms with Crippen LogP contribution in [0.3, 0.4) is 0 Å². The molecule has 6 heteroatoms. The Hall–Kier alpha value is -1.84. The van der Waals surface area contributed by atoms with Gasteiger partial charge in [0.25, 0.3) is 0 Å². The second-order valence-electron chi connectivity index (χ2n) is 4.08.